The smallest absolute Gasteiger partial charge is 1.00 e. The average Bonchev–Trinajstić information content (AvgIpc) is 1.61. The molecule has 0 atom stereocenters. The third-order valence-corrected chi connectivity index (χ3v) is 0.553. The van der Waals surface area contributed by atoms with Crippen molar-refractivity contribution in [1.29, 1.82) is 0 Å². The summed E-state index contributed by atoms with van der Waals surface area (Å²) in [5.41, 5.74) is 0. The number of carboxylic acid groups (broad SMARTS) is 2. The average molecular weight is 200 g/mol. The van der Waals surface area contributed by atoms with Crippen molar-refractivity contribution in [3.8, 4) is 0 Å². The molecule has 0 rings (SSSR count). The van der Waals surface area contributed by atoms with Crippen LogP contribution in [0.1, 0.15) is 15.7 Å². The van der Waals surface area contributed by atoms with Gasteiger partial charge in [-0.3, -0.25) is 9.59 Å². The molecule has 58 valence electrons. The molecule has 0 aromatic carbocycles. The summed E-state index contributed by atoms with van der Waals surface area (Å²) in [7, 11) is 0. The number of hydrogen-bond donors (Lipinski definition) is 2. The van der Waals surface area contributed by atoms with E-state index in [1.165, 1.54) is 0 Å². The molecule has 0 fully saturated rings. The van der Waals surface area contributed by atoms with Crippen molar-refractivity contribution >= 4 is 35.0 Å². The van der Waals surface area contributed by atoms with Crippen LogP contribution in [0.25, 0.3) is 0 Å². The number of hydrogen-bond acceptors (Lipinski definition) is 2. The van der Waals surface area contributed by atoms with E-state index in [1.54, 1.807) is 0 Å². The van der Waals surface area contributed by atoms with Crippen LogP contribution in [-0.4, -0.2) is 45.2 Å². The molecule has 0 amide bonds. The normalized spacial score (nSPS) is 6.80. The second kappa shape index (κ2) is 9.23. The van der Waals surface area contributed by atoms with Crippen molar-refractivity contribution < 1.29 is 39.7 Å². The molecule has 0 aromatic heterocycles. The van der Waals surface area contributed by atoms with Crippen LogP contribution in [0.5, 0.6) is 0 Å². The number of carboxylic acids is 2. The molecule has 2 N–H and O–H groups in total. The third-order valence-electron chi connectivity index (χ3n) is 0.553. The molecule has 0 saturated heterocycles. The molecule has 4 nitrogen and oxygen atoms in total. The molecule has 0 bridgehead atoms. The van der Waals surface area contributed by atoms with E-state index in [4.69, 9.17) is 10.2 Å². The molecular weight excluding hydrogens is 192 g/mol. The zero-order valence-corrected chi connectivity index (χ0v) is 7.70. The SMILES string of the molecule is O=C(O)CCC(=O)O.[Fe].[H-].[H-].[Mg+2]. The Morgan fingerprint density at radius 1 is 1.10 bits per heavy atom. The summed E-state index contributed by atoms with van der Waals surface area (Å²) in [6.45, 7) is 0. The van der Waals surface area contributed by atoms with Gasteiger partial charge in [-0.05, 0) is 0 Å². The Bertz CT molecular complexity index is 110. The summed E-state index contributed by atoms with van der Waals surface area (Å²) in [6, 6.07) is 0. The van der Waals surface area contributed by atoms with E-state index >= 15 is 0 Å². The fourth-order valence-corrected chi connectivity index (χ4v) is 0.214. The molecule has 0 unspecified atom stereocenters. The van der Waals surface area contributed by atoms with Crippen LogP contribution in [0.3, 0.4) is 0 Å². The van der Waals surface area contributed by atoms with Crippen LogP contribution in [-0.2, 0) is 26.7 Å². The van der Waals surface area contributed by atoms with E-state index in [1.807, 2.05) is 0 Å². The Morgan fingerprint density at radius 3 is 1.40 bits per heavy atom. The van der Waals surface area contributed by atoms with E-state index in [0.717, 1.165) is 0 Å². The first-order valence-corrected chi connectivity index (χ1v) is 2.06. The molecule has 6 heteroatoms. The van der Waals surface area contributed by atoms with Gasteiger partial charge in [0.1, 0.15) is 0 Å². The summed E-state index contributed by atoms with van der Waals surface area (Å²) in [5.74, 6) is -2.15. The largest absolute Gasteiger partial charge is 2.00 e. The molecule has 0 radical (unpaired) electrons. The summed E-state index contributed by atoms with van der Waals surface area (Å²) < 4.78 is 0. The van der Waals surface area contributed by atoms with E-state index in [9.17, 15) is 9.59 Å². The quantitative estimate of drug-likeness (QED) is 0.617. The zero-order chi connectivity index (χ0) is 6.57. The van der Waals surface area contributed by atoms with Gasteiger partial charge < -0.3 is 13.1 Å². The van der Waals surface area contributed by atoms with E-state index in [0.29, 0.717) is 0 Å². The summed E-state index contributed by atoms with van der Waals surface area (Å²) in [4.78, 5) is 19.3. The number of carbonyl (C=O) groups is 2. The predicted molar refractivity (Wildman–Crippen MR) is 32.5 cm³/mol. The summed E-state index contributed by atoms with van der Waals surface area (Å²) in [5, 5.41) is 15.8. The standard InChI is InChI=1S/C4H6O4.Fe.Mg.2H/c5-3(6)1-2-4(7)8;;;;/h1-2H2,(H,5,6)(H,7,8);;;;/q;;+2;2*-1. The second-order valence-electron chi connectivity index (χ2n) is 1.29. The fraction of sp³-hybridized carbons (Fsp3) is 0.500. The van der Waals surface area contributed by atoms with Crippen molar-refractivity contribution in [1.82, 2.24) is 0 Å². The fourth-order valence-electron chi connectivity index (χ4n) is 0.214. The van der Waals surface area contributed by atoms with Crippen molar-refractivity contribution in [3.63, 3.8) is 0 Å². The van der Waals surface area contributed by atoms with Gasteiger partial charge in [-0.2, -0.15) is 0 Å². The number of aliphatic carboxylic acids is 2. The molecule has 0 spiro atoms. The topological polar surface area (TPSA) is 74.6 Å². The first-order valence-electron chi connectivity index (χ1n) is 2.06. The zero-order valence-electron chi connectivity index (χ0n) is 7.19. The summed E-state index contributed by atoms with van der Waals surface area (Å²) >= 11 is 0. The monoisotopic (exact) mass is 200 g/mol. The van der Waals surface area contributed by atoms with Gasteiger partial charge in [-0.25, -0.2) is 0 Å². The minimum Gasteiger partial charge on any atom is -1.00 e. The molecule has 0 heterocycles. The minimum absolute atomic E-state index is 0. The first-order chi connectivity index (χ1) is 3.63. The first kappa shape index (κ1) is 16.7. The Hall–Kier alpha value is 0.226. The van der Waals surface area contributed by atoms with Gasteiger partial charge in [-0.1, -0.05) is 0 Å². The van der Waals surface area contributed by atoms with Gasteiger partial charge in [-0.15, -0.1) is 0 Å². The van der Waals surface area contributed by atoms with E-state index in [-0.39, 0.29) is 55.8 Å². The molecular formula is C4H8FeMgO4. The third kappa shape index (κ3) is 15.7. The second-order valence-corrected chi connectivity index (χ2v) is 1.29. The molecule has 0 aromatic rings. The van der Waals surface area contributed by atoms with Gasteiger partial charge >= 0.3 is 35.0 Å². The van der Waals surface area contributed by atoms with Gasteiger partial charge in [0.25, 0.3) is 0 Å². The van der Waals surface area contributed by atoms with Crippen LogP contribution in [0.2, 0.25) is 0 Å². The Kier molecular flexibility index (Phi) is 15.4. The number of rotatable bonds is 3. The molecule has 10 heavy (non-hydrogen) atoms. The van der Waals surface area contributed by atoms with Crippen LogP contribution >= 0.6 is 0 Å². The van der Waals surface area contributed by atoms with Crippen LogP contribution < -0.4 is 0 Å². The van der Waals surface area contributed by atoms with Gasteiger partial charge in [0, 0.05) is 17.1 Å². The predicted octanol–water partition coefficient (Wildman–Crippen LogP) is -0.222. The van der Waals surface area contributed by atoms with Crippen molar-refractivity contribution in [2.24, 2.45) is 0 Å². The van der Waals surface area contributed by atoms with Gasteiger partial charge in [0.2, 0.25) is 0 Å². The van der Waals surface area contributed by atoms with Crippen LogP contribution in [0.15, 0.2) is 0 Å². The van der Waals surface area contributed by atoms with Crippen molar-refractivity contribution in [2.45, 2.75) is 12.8 Å². The Balaban J connectivity index is -0.0000000408. The summed E-state index contributed by atoms with van der Waals surface area (Å²) in [6.07, 6.45) is -0.593. The van der Waals surface area contributed by atoms with Gasteiger partial charge in [0.15, 0.2) is 0 Å². The van der Waals surface area contributed by atoms with Gasteiger partial charge in [0.05, 0.1) is 12.8 Å². The minimum atomic E-state index is -1.08. The molecule has 0 saturated carbocycles. The van der Waals surface area contributed by atoms with Crippen LogP contribution in [0.4, 0.5) is 0 Å². The Labute approximate surface area is 87.6 Å². The maximum absolute atomic E-state index is 9.64. The van der Waals surface area contributed by atoms with E-state index < -0.39 is 11.9 Å². The van der Waals surface area contributed by atoms with E-state index in [2.05, 4.69) is 0 Å². The molecule has 0 aliphatic heterocycles. The maximum atomic E-state index is 9.64. The van der Waals surface area contributed by atoms with Crippen LogP contribution in [0, 0.1) is 0 Å². The van der Waals surface area contributed by atoms with Crippen molar-refractivity contribution in [2.75, 3.05) is 0 Å². The maximum Gasteiger partial charge on any atom is 2.00 e. The molecule has 0 aliphatic carbocycles. The molecule has 0 aliphatic rings. The Morgan fingerprint density at radius 2 is 1.30 bits per heavy atom. The van der Waals surface area contributed by atoms with Crippen molar-refractivity contribution in [3.05, 3.63) is 0 Å².